The fourth-order valence-electron chi connectivity index (χ4n) is 2.79. The lowest BCUT2D eigenvalue weighted by Gasteiger charge is -2.24. The first-order chi connectivity index (χ1) is 11.8. The number of benzene rings is 1. The first-order valence-corrected chi connectivity index (χ1v) is 9.76. The molecule has 0 unspecified atom stereocenters. The average molecular weight is 359 g/mol. The van der Waals surface area contributed by atoms with Crippen molar-refractivity contribution in [3.05, 3.63) is 57.8 Å². The fourth-order valence-corrected chi connectivity index (χ4v) is 3.50. The number of hydrogen-bond acceptors (Lipinski definition) is 3. The Kier molecular flexibility index (Phi) is 6.79. The van der Waals surface area contributed by atoms with E-state index in [4.69, 9.17) is 0 Å². The Hall–Kier alpha value is -1.65. The van der Waals surface area contributed by atoms with Crippen molar-refractivity contribution in [3.63, 3.8) is 0 Å². The van der Waals surface area contributed by atoms with E-state index in [1.807, 2.05) is 14.1 Å². The summed E-state index contributed by atoms with van der Waals surface area (Å²) < 4.78 is 0. The monoisotopic (exact) mass is 358 g/mol. The lowest BCUT2D eigenvalue weighted by atomic mass is 9.86. The van der Waals surface area contributed by atoms with Crippen molar-refractivity contribution >= 4 is 17.2 Å². The molecule has 136 valence electrons. The number of hydrogen-bond donors (Lipinski definition) is 1. The van der Waals surface area contributed by atoms with Crippen molar-refractivity contribution in [1.82, 2.24) is 10.2 Å². The summed E-state index contributed by atoms with van der Waals surface area (Å²) in [5.41, 5.74) is 3.96. The van der Waals surface area contributed by atoms with Gasteiger partial charge in [-0.3, -0.25) is 4.79 Å². The SMILES string of the molecule is CN(C)[C@H](CNC(=O)CCc1ccc(C(C)(C)C)cc1)c1ccsc1. The molecule has 0 bridgehead atoms. The summed E-state index contributed by atoms with van der Waals surface area (Å²) in [5, 5.41) is 7.31. The van der Waals surface area contributed by atoms with Crippen molar-refractivity contribution in [1.29, 1.82) is 0 Å². The highest BCUT2D eigenvalue weighted by Gasteiger charge is 2.16. The molecule has 0 saturated carbocycles. The van der Waals surface area contributed by atoms with Gasteiger partial charge in [-0.15, -0.1) is 0 Å². The number of nitrogens with one attached hydrogen (secondary N) is 1. The van der Waals surface area contributed by atoms with E-state index >= 15 is 0 Å². The van der Waals surface area contributed by atoms with Gasteiger partial charge in [0.15, 0.2) is 0 Å². The van der Waals surface area contributed by atoms with Crippen molar-refractivity contribution in [2.45, 2.75) is 45.1 Å². The summed E-state index contributed by atoms with van der Waals surface area (Å²) in [7, 11) is 4.09. The van der Waals surface area contributed by atoms with E-state index in [2.05, 4.69) is 72.1 Å². The van der Waals surface area contributed by atoms with Gasteiger partial charge in [-0.05, 0) is 59.4 Å². The van der Waals surface area contributed by atoms with Crippen LogP contribution in [0.3, 0.4) is 0 Å². The van der Waals surface area contributed by atoms with Crippen LogP contribution in [0, 0.1) is 0 Å². The number of carbonyl (C=O) groups excluding carboxylic acids is 1. The van der Waals surface area contributed by atoms with Gasteiger partial charge in [0.05, 0.1) is 6.04 Å². The Morgan fingerprint density at radius 3 is 2.36 bits per heavy atom. The maximum Gasteiger partial charge on any atom is 0.220 e. The lowest BCUT2D eigenvalue weighted by Crippen LogP contribution is -2.34. The van der Waals surface area contributed by atoms with Gasteiger partial charge in [-0.25, -0.2) is 0 Å². The highest BCUT2D eigenvalue weighted by Crippen LogP contribution is 2.22. The van der Waals surface area contributed by atoms with E-state index < -0.39 is 0 Å². The maximum atomic E-state index is 12.2. The first-order valence-electron chi connectivity index (χ1n) is 8.82. The first kappa shape index (κ1) is 19.7. The molecule has 2 aromatic rings. The summed E-state index contributed by atoms with van der Waals surface area (Å²) in [6, 6.07) is 11.0. The molecule has 0 aliphatic rings. The van der Waals surface area contributed by atoms with Gasteiger partial charge in [0, 0.05) is 13.0 Å². The molecule has 0 aliphatic heterocycles. The summed E-state index contributed by atoms with van der Waals surface area (Å²) in [4.78, 5) is 14.4. The number of rotatable bonds is 7. The van der Waals surface area contributed by atoms with Crippen molar-refractivity contribution < 1.29 is 4.79 Å². The molecular formula is C21H30N2OS. The van der Waals surface area contributed by atoms with Crippen molar-refractivity contribution in [2.24, 2.45) is 0 Å². The third-order valence-electron chi connectivity index (χ3n) is 4.50. The van der Waals surface area contributed by atoms with Gasteiger partial charge in [-0.1, -0.05) is 45.0 Å². The molecule has 1 heterocycles. The van der Waals surface area contributed by atoms with Crippen LogP contribution in [0.5, 0.6) is 0 Å². The second-order valence-corrected chi connectivity index (χ2v) is 8.57. The normalized spacial score (nSPS) is 13.0. The molecule has 4 heteroatoms. The topological polar surface area (TPSA) is 32.3 Å². The van der Waals surface area contributed by atoms with E-state index in [0.29, 0.717) is 13.0 Å². The standard InChI is InChI=1S/C21H30N2OS/c1-21(2,3)18-9-6-16(7-10-18)8-11-20(24)22-14-19(23(4)5)17-12-13-25-15-17/h6-7,9-10,12-13,15,19H,8,11,14H2,1-5H3,(H,22,24)/t19-/m1/s1. The number of thiophene rings is 1. The molecule has 1 amide bonds. The number of carbonyl (C=O) groups is 1. The molecular weight excluding hydrogens is 328 g/mol. The van der Waals surface area contributed by atoms with Gasteiger partial charge >= 0.3 is 0 Å². The van der Waals surface area contributed by atoms with Crippen LogP contribution in [-0.2, 0) is 16.6 Å². The Labute approximate surface area is 156 Å². The van der Waals surface area contributed by atoms with Crippen LogP contribution in [0.15, 0.2) is 41.1 Å². The largest absolute Gasteiger partial charge is 0.354 e. The zero-order chi connectivity index (χ0) is 18.4. The quantitative estimate of drug-likeness (QED) is 0.796. The number of likely N-dealkylation sites (N-methyl/N-ethyl adjacent to an activating group) is 1. The summed E-state index contributed by atoms with van der Waals surface area (Å²) in [6.07, 6.45) is 1.31. The highest BCUT2D eigenvalue weighted by atomic mass is 32.1. The molecule has 2 rings (SSSR count). The van der Waals surface area contributed by atoms with E-state index in [0.717, 1.165) is 6.42 Å². The van der Waals surface area contributed by atoms with Crippen molar-refractivity contribution in [3.8, 4) is 0 Å². The predicted molar refractivity (Wildman–Crippen MR) is 107 cm³/mol. The van der Waals surface area contributed by atoms with E-state index in [9.17, 15) is 4.79 Å². The molecule has 3 nitrogen and oxygen atoms in total. The van der Waals surface area contributed by atoms with Crippen LogP contribution in [0.25, 0.3) is 0 Å². The molecule has 25 heavy (non-hydrogen) atoms. The van der Waals surface area contributed by atoms with Gasteiger partial charge in [0.25, 0.3) is 0 Å². The Morgan fingerprint density at radius 1 is 1.16 bits per heavy atom. The number of aryl methyl sites for hydroxylation is 1. The third kappa shape index (κ3) is 5.98. The number of amides is 1. The summed E-state index contributed by atoms with van der Waals surface area (Å²) >= 11 is 1.69. The summed E-state index contributed by atoms with van der Waals surface area (Å²) in [5.74, 6) is 0.113. The Bertz CT molecular complexity index is 654. The van der Waals surface area contributed by atoms with Gasteiger partial charge in [0.2, 0.25) is 5.91 Å². The fraction of sp³-hybridized carbons (Fsp3) is 0.476. The third-order valence-corrected chi connectivity index (χ3v) is 5.21. The summed E-state index contributed by atoms with van der Waals surface area (Å²) in [6.45, 7) is 7.28. The van der Waals surface area contributed by atoms with Crippen LogP contribution in [-0.4, -0.2) is 31.4 Å². The molecule has 0 spiro atoms. The maximum absolute atomic E-state index is 12.2. The molecule has 1 aromatic heterocycles. The van der Waals surface area contributed by atoms with Gasteiger partial charge in [-0.2, -0.15) is 11.3 Å². The minimum atomic E-state index is 0.113. The van der Waals surface area contributed by atoms with Crippen LogP contribution in [0.2, 0.25) is 0 Å². The van der Waals surface area contributed by atoms with E-state index in [1.54, 1.807) is 11.3 Å². The predicted octanol–water partition coefficient (Wildman–Crippen LogP) is 4.40. The molecule has 1 N–H and O–H groups in total. The second kappa shape index (κ2) is 8.63. The van der Waals surface area contributed by atoms with E-state index in [-0.39, 0.29) is 17.4 Å². The second-order valence-electron chi connectivity index (χ2n) is 7.79. The lowest BCUT2D eigenvalue weighted by molar-refractivity contribution is -0.121. The average Bonchev–Trinajstić information content (AvgIpc) is 3.06. The van der Waals surface area contributed by atoms with Crippen molar-refractivity contribution in [2.75, 3.05) is 20.6 Å². The molecule has 0 radical (unpaired) electrons. The minimum Gasteiger partial charge on any atom is -0.354 e. The number of nitrogens with zero attached hydrogens (tertiary/aromatic N) is 1. The van der Waals surface area contributed by atoms with E-state index in [1.165, 1.54) is 16.7 Å². The molecule has 0 aliphatic carbocycles. The molecule has 0 saturated heterocycles. The Balaban J connectivity index is 1.82. The van der Waals surface area contributed by atoms with Gasteiger partial charge < -0.3 is 10.2 Å². The van der Waals surface area contributed by atoms with Crippen LogP contribution in [0.1, 0.15) is 49.9 Å². The van der Waals surface area contributed by atoms with Gasteiger partial charge in [0.1, 0.15) is 0 Å². The minimum absolute atomic E-state index is 0.113. The van der Waals surface area contributed by atoms with Crippen LogP contribution < -0.4 is 5.32 Å². The molecule has 0 fully saturated rings. The Morgan fingerprint density at radius 2 is 1.84 bits per heavy atom. The smallest absolute Gasteiger partial charge is 0.220 e. The van der Waals surface area contributed by atoms with Crippen LogP contribution >= 0.6 is 11.3 Å². The molecule has 1 atom stereocenters. The zero-order valence-electron chi connectivity index (χ0n) is 16.0. The molecule has 1 aromatic carbocycles. The zero-order valence-corrected chi connectivity index (χ0v) is 16.8. The highest BCUT2D eigenvalue weighted by molar-refractivity contribution is 7.07. The van der Waals surface area contributed by atoms with Crippen LogP contribution in [0.4, 0.5) is 0 Å².